The summed E-state index contributed by atoms with van der Waals surface area (Å²) in [6.07, 6.45) is 15.1. The van der Waals surface area contributed by atoms with E-state index in [2.05, 4.69) is 179 Å². The molecule has 538 valence electrons. The summed E-state index contributed by atoms with van der Waals surface area (Å²) in [4.78, 5) is 124. The van der Waals surface area contributed by atoms with E-state index in [1.54, 1.807) is 0 Å². The normalized spacial score (nSPS) is 30.2. The molecule has 0 aliphatic heterocycles. The molecule has 0 aromatic carbocycles. The van der Waals surface area contributed by atoms with Crippen LogP contribution in [-0.2, 0) is 14.4 Å². The van der Waals surface area contributed by atoms with Crippen LogP contribution in [0.3, 0.4) is 0 Å². The topological polar surface area (TPSA) is 443 Å². The molecule has 94 heavy (non-hydrogen) atoms. The van der Waals surface area contributed by atoms with Gasteiger partial charge in [-0.3, -0.25) is 36.1 Å². The molecule has 0 heterocycles. The van der Waals surface area contributed by atoms with Gasteiger partial charge < -0.3 is 53.2 Å². The van der Waals surface area contributed by atoms with Crippen LogP contribution in [0.2, 0.25) is 0 Å². The number of urea groups is 7. The van der Waals surface area contributed by atoms with Crippen molar-refractivity contribution in [2.75, 3.05) is 32.7 Å². The SMILES string of the molecule is CC1(C)CC(NC(=O)NN)CC(C)(CCC(=O)CNC(=O)NC2CC(C)(C)CC(C)(CCC(=O)CNC(=O)NCC3(C)CC(NC(=O)NN)CC(C)(C)C3)C2)C1.CC1(C)CC(NC(=O)NN)CC(C)(CCC(=O)CNC(=O)NCC2(C)CC(NC(=O)NN)CC(C)(C)C2)C1. The third kappa shape index (κ3) is 28.6. The Hall–Kier alpha value is -6.26. The van der Waals surface area contributed by atoms with E-state index in [-0.39, 0.29) is 133 Å². The quantitative estimate of drug-likeness (QED) is 0.0277. The van der Waals surface area contributed by atoms with E-state index in [4.69, 9.17) is 23.4 Å². The van der Waals surface area contributed by atoms with E-state index in [0.29, 0.717) is 70.9 Å². The number of hydrazine groups is 4. The molecular weight excluding hydrogens is 1200 g/mol. The Kier molecular flexibility index (Phi) is 28.3. The lowest BCUT2D eigenvalue weighted by Gasteiger charge is -2.47. The average Bonchev–Trinajstić information content (AvgIpc) is 0.840. The molecule has 14 amide bonds. The zero-order valence-corrected chi connectivity index (χ0v) is 59.7. The number of carbonyl (C=O) groups excluding carboxylic acids is 10. The van der Waals surface area contributed by atoms with Crippen LogP contribution in [0.15, 0.2) is 0 Å². The van der Waals surface area contributed by atoms with Gasteiger partial charge in [0.15, 0.2) is 17.3 Å². The second kappa shape index (κ2) is 33.1. The molecule has 28 nitrogen and oxygen atoms in total. The Balaban J connectivity index is 0.000000431. The Labute approximate surface area is 559 Å². The van der Waals surface area contributed by atoms with E-state index in [1.165, 1.54) is 0 Å². The minimum Gasteiger partial charge on any atom is -0.338 e. The minimum absolute atomic E-state index is 0.00725. The minimum atomic E-state index is -0.433. The van der Waals surface area contributed by atoms with Crippen LogP contribution in [0, 0.1) is 54.1 Å². The first-order valence-corrected chi connectivity index (χ1v) is 33.9. The first-order valence-electron chi connectivity index (χ1n) is 33.9. The summed E-state index contributed by atoms with van der Waals surface area (Å²) in [5, 5.41) is 28.8. The van der Waals surface area contributed by atoms with Crippen molar-refractivity contribution in [1.82, 2.24) is 74.9 Å². The van der Waals surface area contributed by atoms with Gasteiger partial charge >= 0.3 is 42.2 Å². The zero-order valence-electron chi connectivity index (χ0n) is 59.7. The van der Waals surface area contributed by atoms with Crippen LogP contribution >= 0.6 is 0 Å². The van der Waals surface area contributed by atoms with Gasteiger partial charge in [0.1, 0.15) is 0 Å². The van der Waals surface area contributed by atoms with E-state index in [9.17, 15) is 47.9 Å². The van der Waals surface area contributed by atoms with Gasteiger partial charge in [0.2, 0.25) is 0 Å². The highest BCUT2D eigenvalue weighted by atomic mass is 16.2. The average molecular weight is 1330 g/mol. The fourth-order valence-electron chi connectivity index (χ4n) is 18.5. The molecule has 10 atom stereocenters. The fourth-order valence-corrected chi connectivity index (χ4v) is 18.5. The molecule has 28 heteroatoms. The standard InChI is InChI=1S/C40H74N10O6.C26H50N8O4/c1-35(2)14-26(46-32(54)44-21-30(52)11-13-39(8)18-27(47-33(55)49-41)15-36(3,4)23-39)17-38(7,22-35)12-10-29(51)20-43-31(53)45-25-40(9)19-28(48-34(56)50-42)16-37(5,6)24-40;1-23(2)9-17(31-21(37)33-27)11-25(5,14-23)8-7-19(35)13-29-20(36)30-16-26(6)12-18(32-22(38)34-28)10-24(3,4)15-26/h26-28H,10-25,41-42H2,1-9H3,(H2,43,45,53)(H2,44,46,54)(H2,47,49,55)(H2,48,50,56);17-18H,7-16,27-28H2,1-6H3,(H2,29,30,36)(H2,31,33,37)(H2,32,34,38). The first kappa shape index (κ1) is 80.2. The molecule has 0 radical (unpaired) electrons. The van der Waals surface area contributed by atoms with Crippen LogP contribution in [0.5, 0.6) is 0 Å². The van der Waals surface area contributed by atoms with Crippen molar-refractivity contribution in [3.63, 3.8) is 0 Å². The molecule has 0 spiro atoms. The van der Waals surface area contributed by atoms with E-state index in [0.717, 1.165) is 77.0 Å². The van der Waals surface area contributed by atoms with E-state index >= 15 is 0 Å². The summed E-state index contributed by atoms with van der Waals surface area (Å²) >= 11 is 0. The third-order valence-corrected chi connectivity index (χ3v) is 20.1. The summed E-state index contributed by atoms with van der Waals surface area (Å²) < 4.78 is 0. The van der Waals surface area contributed by atoms with Crippen LogP contribution < -0.4 is 98.2 Å². The van der Waals surface area contributed by atoms with Crippen molar-refractivity contribution in [1.29, 1.82) is 0 Å². The van der Waals surface area contributed by atoms with Gasteiger partial charge in [-0.15, -0.1) is 0 Å². The molecule has 10 unspecified atom stereocenters. The number of ketones is 3. The molecule has 0 saturated heterocycles. The van der Waals surface area contributed by atoms with Crippen molar-refractivity contribution >= 4 is 59.6 Å². The molecule has 5 aliphatic carbocycles. The molecule has 5 rings (SSSR count). The Morgan fingerprint density at radius 1 is 0.277 bits per heavy atom. The summed E-state index contributed by atoms with van der Waals surface area (Å²) in [7, 11) is 0. The van der Waals surface area contributed by atoms with Gasteiger partial charge in [-0.25, -0.2) is 56.9 Å². The van der Waals surface area contributed by atoms with Gasteiger partial charge in [0.05, 0.1) is 19.6 Å². The summed E-state index contributed by atoms with van der Waals surface area (Å²) in [6, 6.07) is -3.15. The second-order valence-electron chi connectivity index (χ2n) is 34.8. The van der Waals surface area contributed by atoms with Crippen molar-refractivity contribution in [3.8, 4) is 0 Å². The van der Waals surface area contributed by atoms with E-state index < -0.39 is 30.2 Å². The van der Waals surface area contributed by atoms with Gasteiger partial charge in [0.25, 0.3) is 0 Å². The Morgan fingerprint density at radius 3 is 0.713 bits per heavy atom. The van der Waals surface area contributed by atoms with Crippen LogP contribution in [0.1, 0.15) is 239 Å². The molecular formula is C66H124N18O10. The van der Waals surface area contributed by atoms with Crippen LogP contribution in [-0.4, -0.2) is 123 Å². The number of nitrogens with one attached hydrogen (secondary N) is 14. The Morgan fingerprint density at radius 2 is 0.479 bits per heavy atom. The smallest absolute Gasteiger partial charge is 0.329 e. The second-order valence-corrected chi connectivity index (χ2v) is 34.8. The molecule has 0 aromatic rings. The van der Waals surface area contributed by atoms with Gasteiger partial charge in [-0.2, -0.15) is 0 Å². The molecule has 5 fully saturated rings. The van der Waals surface area contributed by atoms with Crippen molar-refractivity contribution in [2.45, 2.75) is 269 Å². The molecule has 0 bridgehead atoms. The van der Waals surface area contributed by atoms with Crippen molar-refractivity contribution in [2.24, 2.45) is 77.5 Å². The third-order valence-electron chi connectivity index (χ3n) is 20.1. The Bertz CT molecular complexity index is 2590. The zero-order chi connectivity index (χ0) is 70.9. The van der Waals surface area contributed by atoms with Gasteiger partial charge in [0, 0.05) is 62.6 Å². The summed E-state index contributed by atoms with van der Waals surface area (Å²) in [5.74, 6) is 20.8. The number of nitrogens with two attached hydrogens (primary N) is 4. The fraction of sp³-hybridized carbons (Fsp3) is 0.848. The molecule has 0 aromatic heterocycles. The lowest BCUT2D eigenvalue weighted by molar-refractivity contribution is -0.119. The maximum absolute atomic E-state index is 13.0. The number of hydrogen-bond acceptors (Lipinski definition) is 14. The lowest BCUT2D eigenvalue weighted by Crippen LogP contribution is -2.53. The van der Waals surface area contributed by atoms with Crippen molar-refractivity contribution in [3.05, 3.63) is 0 Å². The number of hydrogen-bond donors (Lipinski definition) is 18. The highest BCUT2D eigenvalue weighted by Gasteiger charge is 2.47. The number of rotatable bonds is 24. The largest absolute Gasteiger partial charge is 0.338 e. The van der Waals surface area contributed by atoms with E-state index in [1.807, 2.05) is 0 Å². The highest BCUT2D eigenvalue weighted by Crippen LogP contribution is 2.52. The highest BCUT2D eigenvalue weighted by molar-refractivity contribution is 5.87. The maximum atomic E-state index is 13.0. The molecule has 22 N–H and O–H groups in total. The number of Topliss-reactive ketones (excluding diaryl/α,β-unsaturated/α-hetero) is 3. The first-order chi connectivity index (χ1) is 43.2. The molecule has 5 saturated carbocycles. The van der Waals surface area contributed by atoms with Gasteiger partial charge in [-0.05, 0) is 170 Å². The van der Waals surface area contributed by atoms with Crippen molar-refractivity contribution < 1.29 is 47.9 Å². The number of amides is 14. The van der Waals surface area contributed by atoms with Crippen LogP contribution in [0.4, 0.5) is 33.6 Å². The lowest BCUT2D eigenvalue weighted by atomic mass is 9.61. The molecule has 5 aliphatic rings. The summed E-state index contributed by atoms with van der Waals surface area (Å²) in [6.45, 7) is 32.9. The maximum Gasteiger partial charge on any atom is 0.329 e. The monoisotopic (exact) mass is 1330 g/mol. The number of carbonyl (C=O) groups is 10. The van der Waals surface area contributed by atoms with Crippen LogP contribution in [0.25, 0.3) is 0 Å². The predicted molar refractivity (Wildman–Crippen MR) is 363 cm³/mol. The van der Waals surface area contributed by atoms with Gasteiger partial charge in [-0.1, -0.05) is 104 Å². The predicted octanol–water partition coefficient (Wildman–Crippen LogP) is 6.53. The summed E-state index contributed by atoms with van der Waals surface area (Å²) in [5.41, 5.74) is 7.42.